The Hall–Kier alpha value is -3.80. The molecule has 32 heavy (non-hydrogen) atoms. The van der Waals surface area contributed by atoms with Gasteiger partial charge in [0.15, 0.2) is 0 Å². The highest BCUT2D eigenvalue weighted by Gasteiger charge is 2.23. The number of aryl methyl sites for hydroxylation is 1. The zero-order chi connectivity index (χ0) is 22.7. The summed E-state index contributed by atoms with van der Waals surface area (Å²) < 4.78 is 20.8. The fraction of sp³-hybridized carbons (Fsp3) is 0.192. The number of aromatic nitrogens is 1. The van der Waals surface area contributed by atoms with Crippen LogP contribution in [0.15, 0.2) is 77.5 Å². The average molecular weight is 432 g/mol. The first-order valence-corrected chi connectivity index (χ1v) is 10.4. The van der Waals surface area contributed by atoms with E-state index in [0.29, 0.717) is 24.5 Å². The van der Waals surface area contributed by atoms with Crippen molar-refractivity contribution < 1.29 is 13.6 Å². The van der Waals surface area contributed by atoms with Gasteiger partial charge in [0, 0.05) is 39.1 Å². The summed E-state index contributed by atoms with van der Waals surface area (Å²) in [5.74, 6) is 0.163. The predicted molar refractivity (Wildman–Crippen MR) is 124 cm³/mol. The summed E-state index contributed by atoms with van der Waals surface area (Å²) in [4.78, 5) is 15.4. The molecule has 0 aliphatic rings. The Balaban J connectivity index is 1.62. The summed E-state index contributed by atoms with van der Waals surface area (Å²) in [5.41, 5.74) is 5.23. The van der Waals surface area contributed by atoms with E-state index < -0.39 is 0 Å². The molecule has 0 saturated carbocycles. The Morgan fingerprint density at radius 2 is 1.72 bits per heavy atom. The lowest BCUT2D eigenvalue weighted by molar-refractivity contribution is 0.0942. The first-order chi connectivity index (χ1) is 15.4. The molecule has 2 aromatic heterocycles. The highest BCUT2D eigenvalue weighted by atomic mass is 19.1. The molecule has 0 bridgehead atoms. The third-order valence-corrected chi connectivity index (χ3v) is 5.42. The quantitative estimate of drug-likeness (QED) is 0.435. The largest absolute Gasteiger partial charge is 0.464 e. The second-order valence-electron chi connectivity index (χ2n) is 8.01. The molecule has 0 spiro atoms. The molecular formula is C26H26FN3O2. The van der Waals surface area contributed by atoms with Gasteiger partial charge in [0.05, 0.1) is 11.8 Å². The van der Waals surface area contributed by atoms with Gasteiger partial charge in [0.2, 0.25) is 0 Å². The lowest BCUT2D eigenvalue weighted by Crippen LogP contribution is -2.26. The molecule has 0 saturated heterocycles. The van der Waals surface area contributed by atoms with E-state index >= 15 is 0 Å². The van der Waals surface area contributed by atoms with Crippen molar-refractivity contribution in [2.75, 3.05) is 19.0 Å². The minimum absolute atomic E-state index is 0.191. The van der Waals surface area contributed by atoms with Gasteiger partial charge in [0.1, 0.15) is 17.3 Å². The molecule has 0 aliphatic heterocycles. The van der Waals surface area contributed by atoms with E-state index in [9.17, 15) is 9.18 Å². The van der Waals surface area contributed by atoms with Crippen LogP contribution >= 0.6 is 0 Å². The number of nitrogens with zero attached hydrogens (tertiary/aromatic N) is 2. The van der Waals surface area contributed by atoms with Crippen molar-refractivity contribution in [1.29, 1.82) is 0 Å². The van der Waals surface area contributed by atoms with E-state index in [1.807, 2.05) is 67.0 Å². The maximum absolute atomic E-state index is 13.3. The van der Waals surface area contributed by atoms with Crippen molar-refractivity contribution in [3.8, 4) is 11.3 Å². The lowest BCUT2D eigenvalue weighted by Gasteiger charge is -2.14. The third kappa shape index (κ3) is 4.59. The molecule has 1 amide bonds. The number of rotatable bonds is 7. The lowest BCUT2D eigenvalue weighted by atomic mass is 10.1. The molecule has 0 radical (unpaired) electrons. The zero-order valence-corrected chi connectivity index (χ0v) is 18.4. The van der Waals surface area contributed by atoms with Crippen LogP contribution in [0.1, 0.15) is 27.2 Å². The molecule has 0 aliphatic carbocycles. The van der Waals surface area contributed by atoms with Gasteiger partial charge in [-0.3, -0.25) is 4.79 Å². The summed E-state index contributed by atoms with van der Waals surface area (Å²) in [6.07, 6.45) is 3.53. The van der Waals surface area contributed by atoms with Gasteiger partial charge in [-0.05, 0) is 60.0 Å². The van der Waals surface area contributed by atoms with Crippen LogP contribution in [-0.4, -0.2) is 24.6 Å². The molecule has 6 heteroatoms. The number of furan rings is 1. The van der Waals surface area contributed by atoms with Crippen LogP contribution in [0.5, 0.6) is 0 Å². The van der Waals surface area contributed by atoms with Gasteiger partial charge in [-0.2, -0.15) is 0 Å². The van der Waals surface area contributed by atoms with Crippen LogP contribution in [0.4, 0.5) is 10.1 Å². The Labute approximate surface area is 187 Å². The van der Waals surface area contributed by atoms with Gasteiger partial charge in [-0.15, -0.1) is 0 Å². The van der Waals surface area contributed by atoms with E-state index in [-0.39, 0.29) is 11.7 Å². The van der Waals surface area contributed by atoms with E-state index in [0.717, 1.165) is 27.9 Å². The van der Waals surface area contributed by atoms with Gasteiger partial charge in [-0.25, -0.2) is 4.39 Å². The number of amides is 1. The summed E-state index contributed by atoms with van der Waals surface area (Å²) in [6.45, 7) is 2.81. The van der Waals surface area contributed by atoms with E-state index in [1.165, 1.54) is 12.1 Å². The van der Waals surface area contributed by atoms with E-state index in [2.05, 4.69) is 5.32 Å². The number of hydrogen-bond acceptors (Lipinski definition) is 3. The second kappa shape index (κ2) is 9.14. The van der Waals surface area contributed by atoms with Crippen LogP contribution in [0.3, 0.4) is 0 Å². The zero-order valence-electron chi connectivity index (χ0n) is 18.4. The number of carbonyl (C=O) groups is 1. The van der Waals surface area contributed by atoms with Crippen molar-refractivity contribution in [3.63, 3.8) is 0 Å². The summed E-state index contributed by atoms with van der Waals surface area (Å²) >= 11 is 0. The van der Waals surface area contributed by atoms with Crippen molar-refractivity contribution in [3.05, 3.63) is 101 Å². The average Bonchev–Trinajstić information content (AvgIpc) is 3.41. The number of carbonyl (C=O) groups excluding carboxylic acids is 1. The minimum Gasteiger partial charge on any atom is -0.464 e. The first kappa shape index (κ1) is 21.4. The fourth-order valence-corrected chi connectivity index (χ4v) is 3.76. The van der Waals surface area contributed by atoms with Gasteiger partial charge in [0.25, 0.3) is 5.91 Å². The van der Waals surface area contributed by atoms with Crippen LogP contribution in [0.25, 0.3) is 11.3 Å². The third-order valence-electron chi connectivity index (χ3n) is 5.42. The molecule has 164 valence electrons. The fourth-order valence-electron chi connectivity index (χ4n) is 3.76. The summed E-state index contributed by atoms with van der Waals surface area (Å²) in [7, 11) is 3.98. The molecule has 5 nitrogen and oxygen atoms in total. The van der Waals surface area contributed by atoms with E-state index in [4.69, 9.17) is 4.42 Å². The topological polar surface area (TPSA) is 50.4 Å². The number of benzene rings is 2. The smallest absolute Gasteiger partial charge is 0.268 e. The molecule has 2 heterocycles. The predicted octanol–water partition coefficient (Wildman–Crippen LogP) is 5.24. The summed E-state index contributed by atoms with van der Waals surface area (Å²) in [5, 5.41) is 3.04. The minimum atomic E-state index is -0.285. The number of hydrogen-bond donors (Lipinski definition) is 1. The van der Waals surface area contributed by atoms with Crippen LogP contribution < -0.4 is 10.2 Å². The highest BCUT2D eigenvalue weighted by molar-refractivity contribution is 6.00. The molecule has 0 fully saturated rings. The second-order valence-corrected chi connectivity index (χ2v) is 8.01. The van der Waals surface area contributed by atoms with Crippen LogP contribution in [-0.2, 0) is 13.1 Å². The van der Waals surface area contributed by atoms with Gasteiger partial charge < -0.3 is 19.2 Å². The van der Waals surface area contributed by atoms with Gasteiger partial charge in [-0.1, -0.05) is 24.3 Å². The molecular weight excluding hydrogens is 405 g/mol. The number of nitrogens with one attached hydrogen (secondary N) is 1. The van der Waals surface area contributed by atoms with Crippen molar-refractivity contribution in [2.45, 2.75) is 20.0 Å². The molecule has 2 aromatic carbocycles. The van der Waals surface area contributed by atoms with Crippen molar-refractivity contribution in [1.82, 2.24) is 9.88 Å². The van der Waals surface area contributed by atoms with Gasteiger partial charge >= 0.3 is 0 Å². The normalized spacial score (nSPS) is 10.9. The van der Waals surface area contributed by atoms with Crippen LogP contribution in [0, 0.1) is 12.7 Å². The number of halogens is 1. The molecule has 0 atom stereocenters. The van der Waals surface area contributed by atoms with Crippen molar-refractivity contribution in [2.24, 2.45) is 0 Å². The Morgan fingerprint density at radius 1 is 1.03 bits per heavy atom. The molecule has 0 unspecified atom stereocenters. The Morgan fingerprint density at radius 3 is 2.34 bits per heavy atom. The maximum Gasteiger partial charge on any atom is 0.268 e. The Kier molecular flexibility index (Phi) is 6.12. The molecule has 4 rings (SSSR count). The SMILES string of the molecule is Cc1cn(Cc2ccc(F)cc2)c(C(=O)NCc2ccc(N(C)C)cc2)c1-c1ccco1. The summed E-state index contributed by atoms with van der Waals surface area (Å²) in [6, 6.07) is 18.0. The molecule has 4 aromatic rings. The number of anilines is 1. The maximum atomic E-state index is 13.3. The van der Waals surface area contributed by atoms with E-state index in [1.54, 1.807) is 24.5 Å². The molecule has 1 N–H and O–H groups in total. The van der Waals surface area contributed by atoms with Crippen LogP contribution in [0.2, 0.25) is 0 Å². The van der Waals surface area contributed by atoms with Crippen molar-refractivity contribution >= 4 is 11.6 Å². The monoisotopic (exact) mass is 431 g/mol. The highest BCUT2D eigenvalue weighted by Crippen LogP contribution is 2.30. The standard InChI is InChI=1S/C26H26FN3O2/c1-18-16-30(17-20-6-10-21(27)11-7-20)25(24(18)23-5-4-14-32-23)26(31)28-15-19-8-12-22(13-9-19)29(2)3/h4-14,16H,15,17H2,1-3H3,(H,28,31). The Bertz CT molecular complexity index is 1190. The first-order valence-electron chi connectivity index (χ1n) is 10.4.